The second-order valence-corrected chi connectivity index (χ2v) is 10.5. The lowest BCUT2D eigenvalue weighted by Crippen LogP contribution is -2.50. The molecule has 33 heavy (non-hydrogen) atoms. The molecule has 0 radical (unpaired) electrons. The van der Waals surface area contributed by atoms with Gasteiger partial charge < -0.3 is 40.6 Å². The number of rotatable bonds is 9. The molecule has 14 heteroatoms. The summed E-state index contributed by atoms with van der Waals surface area (Å²) in [7, 11) is 2.90. The minimum absolute atomic E-state index is 0.170. The molecule has 0 fully saturated rings. The van der Waals surface area contributed by atoms with Crippen LogP contribution in [0.1, 0.15) is 24.2 Å². The van der Waals surface area contributed by atoms with Gasteiger partial charge in [-0.15, -0.1) is 0 Å². The van der Waals surface area contributed by atoms with Gasteiger partial charge in [0.2, 0.25) is 11.8 Å². The molecule has 0 aromatic heterocycles. The van der Waals surface area contributed by atoms with Crippen molar-refractivity contribution < 1.29 is 39.9 Å². The molecule has 0 aliphatic rings. The highest BCUT2D eigenvalue weighted by Gasteiger charge is 2.33. The quantitative estimate of drug-likeness (QED) is 0.189. The first-order valence-electron chi connectivity index (χ1n) is 9.48. The highest BCUT2D eigenvalue weighted by Crippen LogP contribution is 2.41. The first-order chi connectivity index (χ1) is 15.2. The Labute approximate surface area is 231 Å². The average molecular weight is 805 g/mol. The number of amides is 3. The molecule has 0 saturated carbocycles. The highest BCUT2D eigenvalue weighted by atomic mass is 127. The highest BCUT2D eigenvalue weighted by molar-refractivity contribution is 14.1. The molecule has 0 aliphatic carbocycles. The first-order valence-corrected chi connectivity index (χ1v) is 12.7. The SMILES string of the molecule is CC(=O)Nc1c(I)c(C(=O)N(C)C[C@H](O)[C@@H](O)[C@H](O)[C@H](O)CO)c(I)c(N(C)C(C)=O)c1I. The standard InChI is InChI=1S/C19H26I3N3O8/c1-7(27)23-15-12(20)11(13(21)16(14(15)22)25(4)8(2)28)19(33)24(3)5-9(29)17(31)18(32)10(30)6-26/h9-10,17-18,26,29-32H,5-6H2,1-4H3,(H,23,27)/t9-,10+,17+,18+/m0/s1. The predicted octanol–water partition coefficient (Wildman–Crippen LogP) is -0.0506. The zero-order valence-electron chi connectivity index (χ0n) is 18.2. The molecule has 0 unspecified atom stereocenters. The Bertz CT molecular complexity index is 917. The maximum atomic E-state index is 13.4. The largest absolute Gasteiger partial charge is 0.394 e. The average Bonchev–Trinajstić information content (AvgIpc) is 2.74. The number of aliphatic hydroxyl groups excluding tert-OH is 5. The van der Waals surface area contributed by atoms with Gasteiger partial charge in [0.25, 0.3) is 5.91 Å². The van der Waals surface area contributed by atoms with E-state index in [0.717, 1.165) is 4.90 Å². The van der Waals surface area contributed by atoms with Crippen LogP contribution in [-0.2, 0) is 9.59 Å². The summed E-state index contributed by atoms with van der Waals surface area (Å²) < 4.78 is 1.42. The molecule has 0 saturated heterocycles. The van der Waals surface area contributed by atoms with E-state index in [2.05, 4.69) is 5.32 Å². The van der Waals surface area contributed by atoms with E-state index in [1.54, 1.807) is 7.05 Å². The second kappa shape index (κ2) is 13.1. The van der Waals surface area contributed by atoms with Crippen molar-refractivity contribution in [1.29, 1.82) is 0 Å². The van der Waals surface area contributed by atoms with Gasteiger partial charge in [-0.05, 0) is 67.8 Å². The fraction of sp³-hybridized carbons (Fsp3) is 0.526. The van der Waals surface area contributed by atoms with Gasteiger partial charge in [0, 0.05) is 34.5 Å². The lowest BCUT2D eigenvalue weighted by molar-refractivity contribution is -0.117. The van der Waals surface area contributed by atoms with E-state index in [4.69, 9.17) is 5.11 Å². The fourth-order valence-electron chi connectivity index (χ4n) is 2.80. The number of anilines is 2. The number of nitrogens with one attached hydrogen (secondary N) is 1. The van der Waals surface area contributed by atoms with Crippen LogP contribution in [0.15, 0.2) is 0 Å². The molecule has 0 aliphatic heterocycles. The molecular formula is C19H26I3N3O8. The number of carbonyl (C=O) groups excluding carboxylic acids is 3. The summed E-state index contributed by atoms with van der Waals surface area (Å²) in [6.45, 7) is 1.44. The van der Waals surface area contributed by atoms with E-state index in [9.17, 15) is 34.8 Å². The van der Waals surface area contributed by atoms with Gasteiger partial charge in [-0.1, -0.05) is 0 Å². The summed E-state index contributed by atoms with van der Waals surface area (Å²) in [5.41, 5.74) is 0.946. The number of benzene rings is 1. The van der Waals surface area contributed by atoms with Gasteiger partial charge in [0.1, 0.15) is 24.4 Å². The van der Waals surface area contributed by atoms with E-state index in [-0.39, 0.29) is 17.4 Å². The molecule has 1 rings (SSSR count). The summed E-state index contributed by atoms with van der Waals surface area (Å²) in [5.74, 6) is -1.24. The number of carbonyl (C=O) groups is 3. The predicted molar refractivity (Wildman–Crippen MR) is 146 cm³/mol. The number of hydrogen-bond acceptors (Lipinski definition) is 8. The van der Waals surface area contributed by atoms with Gasteiger partial charge in [0.15, 0.2) is 0 Å². The summed E-state index contributed by atoms with van der Waals surface area (Å²) in [6.07, 6.45) is -6.96. The number of nitrogens with zero attached hydrogens (tertiary/aromatic N) is 2. The van der Waals surface area contributed by atoms with E-state index < -0.39 is 43.5 Å². The van der Waals surface area contributed by atoms with Crippen LogP contribution in [-0.4, -0.2) is 99.8 Å². The summed E-state index contributed by atoms with van der Waals surface area (Å²) >= 11 is 5.84. The molecule has 0 spiro atoms. The lowest BCUT2D eigenvalue weighted by Gasteiger charge is -2.30. The Morgan fingerprint density at radius 3 is 1.88 bits per heavy atom. The summed E-state index contributed by atoms with van der Waals surface area (Å²) in [5, 5.41) is 51.2. The van der Waals surface area contributed by atoms with Crippen molar-refractivity contribution in [1.82, 2.24) is 4.90 Å². The molecule has 6 N–H and O–H groups in total. The number of hydrogen-bond donors (Lipinski definition) is 6. The molecule has 11 nitrogen and oxygen atoms in total. The third-order valence-electron chi connectivity index (χ3n) is 4.75. The van der Waals surface area contributed by atoms with Gasteiger partial charge in [-0.25, -0.2) is 0 Å². The third kappa shape index (κ3) is 7.31. The van der Waals surface area contributed by atoms with Gasteiger partial charge in [-0.2, -0.15) is 0 Å². The van der Waals surface area contributed by atoms with Crippen molar-refractivity contribution in [2.45, 2.75) is 38.3 Å². The second-order valence-electron chi connectivity index (χ2n) is 7.28. The zero-order valence-corrected chi connectivity index (χ0v) is 24.7. The maximum Gasteiger partial charge on any atom is 0.256 e. The summed E-state index contributed by atoms with van der Waals surface area (Å²) in [6, 6.07) is 0. The summed E-state index contributed by atoms with van der Waals surface area (Å²) in [4.78, 5) is 39.6. The molecule has 4 atom stereocenters. The number of halogens is 3. The molecule has 186 valence electrons. The van der Waals surface area contributed by atoms with Crippen LogP contribution >= 0.6 is 67.8 Å². The molecule has 1 aromatic carbocycles. The van der Waals surface area contributed by atoms with Crippen molar-refractivity contribution in [2.24, 2.45) is 0 Å². The van der Waals surface area contributed by atoms with Gasteiger partial charge >= 0.3 is 0 Å². The Hall–Kier alpha value is -0.380. The molecule has 0 heterocycles. The van der Waals surface area contributed by atoms with Crippen molar-refractivity contribution >= 4 is 96.9 Å². The number of aliphatic hydroxyl groups is 5. The van der Waals surface area contributed by atoms with E-state index >= 15 is 0 Å². The van der Waals surface area contributed by atoms with Crippen LogP contribution in [0.4, 0.5) is 11.4 Å². The molecule has 3 amide bonds. The van der Waals surface area contributed by atoms with Crippen LogP contribution in [0.5, 0.6) is 0 Å². The maximum absolute atomic E-state index is 13.4. The van der Waals surface area contributed by atoms with E-state index in [0.29, 0.717) is 22.1 Å². The van der Waals surface area contributed by atoms with Crippen molar-refractivity contribution in [3.8, 4) is 0 Å². The minimum atomic E-state index is -1.83. The van der Waals surface area contributed by atoms with Crippen LogP contribution in [0.3, 0.4) is 0 Å². The molecule has 1 aromatic rings. The molecular weight excluding hydrogens is 779 g/mol. The number of likely N-dealkylation sites (N-methyl/N-ethyl adjacent to an activating group) is 1. The van der Waals surface area contributed by atoms with Gasteiger partial charge in [0.05, 0.1) is 34.3 Å². The smallest absolute Gasteiger partial charge is 0.256 e. The first kappa shape index (κ1) is 30.7. The van der Waals surface area contributed by atoms with Crippen LogP contribution in [0.25, 0.3) is 0 Å². The molecule has 0 bridgehead atoms. The Morgan fingerprint density at radius 1 is 0.909 bits per heavy atom. The Kier molecular flexibility index (Phi) is 12.1. The normalized spacial score (nSPS) is 14.8. The van der Waals surface area contributed by atoms with Crippen molar-refractivity contribution in [3.05, 3.63) is 16.3 Å². The third-order valence-corrected chi connectivity index (χ3v) is 7.93. The lowest BCUT2D eigenvalue weighted by atomic mass is 10.0. The van der Waals surface area contributed by atoms with E-state index in [1.807, 2.05) is 67.8 Å². The zero-order chi connectivity index (χ0) is 25.8. The van der Waals surface area contributed by atoms with Gasteiger partial charge in [-0.3, -0.25) is 14.4 Å². The monoisotopic (exact) mass is 805 g/mol. The topological polar surface area (TPSA) is 171 Å². The van der Waals surface area contributed by atoms with Crippen LogP contribution in [0, 0.1) is 10.7 Å². The van der Waals surface area contributed by atoms with Crippen molar-refractivity contribution in [3.63, 3.8) is 0 Å². The fourth-order valence-corrected chi connectivity index (χ4v) is 7.42. The van der Waals surface area contributed by atoms with Crippen LogP contribution < -0.4 is 10.2 Å². The van der Waals surface area contributed by atoms with Crippen molar-refractivity contribution in [2.75, 3.05) is 37.5 Å². The van der Waals surface area contributed by atoms with Crippen LogP contribution in [0.2, 0.25) is 0 Å². The Balaban J connectivity index is 3.45. The minimum Gasteiger partial charge on any atom is -0.394 e. The van der Waals surface area contributed by atoms with E-state index in [1.165, 1.54) is 25.8 Å². The Morgan fingerprint density at radius 2 is 1.42 bits per heavy atom.